The highest BCUT2D eigenvalue weighted by molar-refractivity contribution is 5.96. The summed E-state index contributed by atoms with van der Waals surface area (Å²) in [5.41, 5.74) is -0.148. The van der Waals surface area contributed by atoms with Crippen molar-refractivity contribution in [2.24, 2.45) is 0 Å². The van der Waals surface area contributed by atoms with Gasteiger partial charge in [0.05, 0.1) is 24.5 Å². The molecule has 2 aromatic carbocycles. The molecular formula is C27H26F4N2O4. The van der Waals surface area contributed by atoms with Crippen LogP contribution in [0.15, 0.2) is 71.3 Å². The number of carbonyl (C=O) groups is 2. The van der Waals surface area contributed by atoms with Gasteiger partial charge in [-0.3, -0.25) is 9.59 Å². The van der Waals surface area contributed by atoms with E-state index in [2.05, 4.69) is 0 Å². The number of ether oxygens (including phenoxy) is 1. The highest BCUT2D eigenvalue weighted by atomic mass is 19.4. The number of alkyl halides is 3. The van der Waals surface area contributed by atoms with E-state index in [1.54, 1.807) is 24.3 Å². The Hall–Kier alpha value is -3.66. The molecule has 0 radical (unpaired) electrons. The molecule has 1 unspecified atom stereocenters. The van der Waals surface area contributed by atoms with Crippen molar-refractivity contribution in [1.82, 2.24) is 9.80 Å². The van der Waals surface area contributed by atoms with Gasteiger partial charge >= 0.3 is 6.18 Å². The first-order valence-electron chi connectivity index (χ1n) is 11.8. The lowest BCUT2D eigenvalue weighted by atomic mass is 10.1. The second-order valence-corrected chi connectivity index (χ2v) is 8.85. The zero-order valence-electron chi connectivity index (χ0n) is 19.9. The summed E-state index contributed by atoms with van der Waals surface area (Å²) in [6.07, 6.45) is -1.80. The molecule has 4 rings (SSSR count). The maximum atomic E-state index is 13.5. The number of amides is 2. The third-order valence-corrected chi connectivity index (χ3v) is 6.09. The second kappa shape index (κ2) is 11.6. The number of furan rings is 1. The Bertz CT molecular complexity index is 1170. The van der Waals surface area contributed by atoms with Gasteiger partial charge < -0.3 is 19.0 Å². The van der Waals surface area contributed by atoms with Gasteiger partial charge in [0.25, 0.3) is 5.91 Å². The molecule has 37 heavy (non-hydrogen) atoms. The van der Waals surface area contributed by atoms with Crippen molar-refractivity contribution in [1.29, 1.82) is 0 Å². The van der Waals surface area contributed by atoms with Crippen LogP contribution in [-0.4, -0.2) is 47.4 Å². The van der Waals surface area contributed by atoms with E-state index in [4.69, 9.17) is 9.15 Å². The van der Waals surface area contributed by atoms with Crippen LogP contribution in [0.4, 0.5) is 17.6 Å². The molecule has 2 heterocycles. The smallest absolute Gasteiger partial charge is 0.416 e. The fraction of sp³-hybridized carbons (Fsp3) is 0.333. The molecule has 1 fully saturated rings. The van der Waals surface area contributed by atoms with E-state index < -0.39 is 29.4 Å². The highest BCUT2D eigenvalue weighted by Crippen LogP contribution is 2.29. The monoisotopic (exact) mass is 518 g/mol. The van der Waals surface area contributed by atoms with Crippen LogP contribution in [0, 0.1) is 5.82 Å². The number of halogens is 4. The van der Waals surface area contributed by atoms with Crippen molar-refractivity contribution in [3.05, 3.63) is 95.2 Å². The fourth-order valence-electron chi connectivity index (χ4n) is 4.13. The van der Waals surface area contributed by atoms with Gasteiger partial charge in [-0.1, -0.05) is 12.1 Å². The summed E-state index contributed by atoms with van der Waals surface area (Å²) in [7, 11) is 0. The van der Waals surface area contributed by atoms with Crippen molar-refractivity contribution in [2.75, 3.05) is 19.7 Å². The molecule has 1 atom stereocenters. The van der Waals surface area contributed by atoms with Crippen molar-refractivity contribution in [3.8, 4) is 0 Å². The molecule has 0 saturated carbocycles. The van der Waals surface area contributed by atoms with Gasteiger partial charge in [-0.25, -0.2) is 4.39 Å². The van der Waals surface area contributed by atoms with Gasteiger partial charge in [0, 0.05) is 25.3 Å². The van der Waals surface area contributed by atoms with E-state index in [-0.39, 0.29) is 37.8 Å². The Balaban J connectivity index is 1.55. The fourth-order valence-corrected chi connectivity index (χ4v) is 4.13. The molecule has 3 aromatic rings. The number of nitrogens with zero attached hydrogens (tertiary/aromatic N) is 2. The molecule has 1 aliphatic heterocycles. The Labute approximate surface area is 211 Å². The molecule has 10 heteroatoms. The number of hydrogen-bond acceptors (Lipinski definition) is 4. The molecule has 6 nitrogen and oxygen atoms in total. The summed E-state index contributed by atoms with van der Waals surface area (Å²) in [5, 5.41) is 0. The van der Waals surface area contributed by atoms with Gasteiger partial charge in [-0.15, -0.1) is 0 Å². The quantitative estimate of drug-likeness (QED) is 0.362. The van der Waals surface area contributed by atoms with Gasteiger partial charge in [-0.05, 0) is 66.9 Å². The van der Waals surface area contributed by atoms with Crippen LogP contribution in [0.2, 0.25) is 0 Å². The van der Waals surface area contributed by atoms with E-state index in [0.29, 0.717) is 24.4 Å². The van der Waals surface area contributed by atoms with Crippen LogP contribution in [0.25, 0.3) is 0 Å². The zero-order valence-corrected chi connectivity index (χ0v) is 19.9. The standard InChI is InChI=1S/C27H26F4N2O4/c28-22-11-5-19(6-12-22)15-32(16-23-3-1-13-36-23)25(34)18-33(17-24-4-2-14-37-24)26(35)20-7-9-21(10-8-20)27(29,30)31/h1,3,5-13,24H,2,4,14-18H2. The van der Waals surface area contributed by atoms with E-state index in [1.165, 1.54) is 28.2 Å². The minimum absolute atomic E-state index is 0.0370. The molecule has 1 aliphatic rings. The molecule has 0 N–H and O–H groups in total. The summed E-state index contributed by atoms with van der Waals surface area (Å²) >= 11 is 0. The average Bonchev–Trinajstić information content (AvgIpc) is 3.58. The van der Waals surface area contributed by atoms with E-state index in [9.17, 15) is 27.2 Å². The SMILES string of the molecule is O=C(CN(CC1CCCO1)C(=O)c1ccc(C(F)(F)F)cc1)N(Cc1ccc(F)cc1)Cc1ccco1. The molecule has 1 saturated heterocycles. The molecule has 0 bridgehead atoms. The number of hydrogen-bond donors (Lipinski definition) is 0. The van der Waals surface area contributed by atoms with Crippen molar-refractivity contribution >= 4 is 11.8 Å². The van der Waals surface area contributed by atoms with Gasteiger partial charge in [0.1, 0.15) is 18.1 Å². The topological polar surface area (TPSA) is 63.0 Å². The summed E-state index contributed by atoms with van der Waals surface area (Å²) in [4.78, 5) is 29.6. The van der Waals surface area contributed by atoms with Crippen molar-refractivity contribution in [2.45, 2.75) is 38.2 Å². The van der Waals surface area contributed by atoms with Crippen LogP contribution in [0.3, 0.4) is 0 Å². The average molecular weight is 519 g/mol. The van der Waals surface area contributed by atoms with Crippen LogP contribution in [0.5, 0.6) is 0 Å². The van der Waals surface area contributed by atoms with Crippen LogP contribution >= 0.6 is 0 Å². The van der Waals surface area contributed by atoms with Gasteiger partial charge in [0.15, 0.2) is 0 Å². The first kappa shape index (κ1) is 26.4. The van der Waals surface area contributed by atoms with E-state index >= 15 is 0 Å². The number of rotatable bonds is 9. The molecule has 0 spiro atoms. The summed E-state index contributed by atoms with van der Waals surface area (Å²) in [6.45, 7) is 0.599. The zero-order chi connectivity index (χ0) is 26.4. The Morgan fingerprint density at radius 3 is 2.27 bits per heavy atom. The van der Waals surface area contributed by atoms with E-state index in [0.717, 1.165) is 30.7 Å². The molecular weight excluding hydrogens is 492 g/mol. The summed E-state index contributed by atoms with van der Waals surface area (Å²) in [5.74, 6) is -0.857. The first-order chi connectivity index (χ1) is 17.7. The van der Waals surface area contributed by atoms with Crippen LogP contribution in [0.1, 0.15) is 40.1 Å². The van der Waals surface area contributed by atoms with Crippen molar-refractivity contribution < 1.29 is 36.3 Å². The van der Waals surface area contributed by atoms with Gasteiger partial charge in [-0.2, -0.15) is 13.2 Å². The third-order valence-electron chi connectivity index (χ3n) is 6.09. The van der Waals surface area contributed by atoms with Crippen LogP contribution in [-0.2, 0) is 28.8 Å². The third kappa shape index (κ3) is 7.19. The Morgan fingerprint density at radius 2 is 1.68 bits per heavy atom. The Kier molecular flexibility index (Phi) is 8.27. The Morgan fingerprint density at radius 1 is 0.946 bits per heavy atom. The summed E-state index contributed by atoms with van der Waals surface area (Å²) < 4.78 is 63.4. The molecule has 2 amide bonds. The molecule has 0 aliphatic carbocycles. The van der Waals surface area contributed by atoms with Gasteiger partial charge in [0.2, 0.25) is 5.91 Å². The highest BCUT2D eigenvalue weighted by Gasteiger charge is 2.31. The summed E-state index contributed by atoms with van der Waals surface area (Å²) in [6, 6.07) is 13.0. The van der Waals surface area contributed by atoms with Crippen LogP contribution < -0.4 is 0 Å². The normalized spacial score (nSPS) is 15.5. The minimum atomic E-state index is -4.53. The maximum Gasteiger partial charge on any atom is 0.416 e. The first-order valence-corrected chi connectivity index (χ1v) is 11.8. The maximum absolute atomic E-state index is 13.5. The number of carbonyl (C=O) groups excluding carboxylic acids is 2. The predicted octanol–water partition coefficient (Wildman–Crippen LogP) is 5.29. The molecule has 196 valence electrons. The molecule has 1 aromatic heterocycles. The largest absolute Gasteiger partial charge is 0.467 e. The number of benzene rings is 2. The second-order valence-electron chi connectivity index (χ2n) is 8.85. The lowest BCUT2D eigenvalue weighted by molar-refractivity contribution is -0.137. The lowest BCUT2D eigenvalue weighted by Gasteiger charge is -2.29. The van der Waals surface area contributed by atoms with E-state index in [1.807, 2.05) is 0 Å². The minimum Gasteiger partial charge on any atom is -0.467 e. The van der Waals surface area contributed by atoms with Crippen molar-refractivity contribution in [3.63, 3.8) is 0 Å². The lowest BCUT2D eigenvalue weighted by Crippen LogP contribution is -2.45. The predicted molar refractivity (Wildman–Crippen MR) is 126 cm³/mol.